The summed E-state index contributed by atoms with van der Waals surface area (Å²) < 4.78 is 0. The molecule has 21 heavy (non-hydrogen) atoms. The Balaban J connectivity index is 2.38. The van der Waals surface area contributed by atoms with Crippen molar-refractivity contribution in [1.82, 2.24) is 0 Å². The number of nitrogens with one attached hydrogen (secondary N) is 1. The number of para-hydroxylation sites is 2. The second kappa shape index (κ2) is 7.54. The molecule has 2 N–H and O–H groups in total. The van der Waals surface area contributed by atoms with E-state index in [4.69, 9.17) is 0 Å². The standard InChI is InChI=1S/C14H14NO.2C2H5.Al/c1-11-6-5-7-12(14(11)16)10-15-13-8-3-2-4-9-13;2*1-2;/h2-10,15-16H,1H3;2*1H2,2H3;. The Morgan fingerprint density at radius 3 is 2.29 bits per heavy atom. The number of aromatic hydroxyl groups is 1. The Bertz CT molecular complexity index is 567. The van der Waals surface area contributed by atoms with E-state index in [0.717, 1.165) is 16.8 Å². The van der Waals surface area contributed by atoms with Gasteiger partial charge in [-0.3, -0.25) is 0 Å². The molecule has 3 heteroatoms. The monoisotopic (exact) mass is 297 g/mol. The molecule has 2 nitrogen and oxygen atoms in total. The number of hydrogen-bond acceptors (Lipinski definition) is 2. The Morgan fingerprint density at radius 1 is 1.00 bits per heavy atom. The van der Waals surface area contributed by atoms with E-state index in [1.54, 1.807) is 0 Å². The average Bonchev–Trinajstić information content (AvgIpc) is 2.51. The fourth-order valence-electron chi connectivity index (χ4n) is 2.86. The van der Waals surface area contributed by atoms with Crippen molar-refractivity contribution < 1.29 is 5.11 Å². The van der Waals surface area contributed by atoms with Gasteiger partial charge in [-0.1, -0.05) is 60.8 Å². The lowest BCUT2D eigenvalue weighted by atomic mass is 10.1. The van der Waals surface area contributed by atoms with Crippen LogP contribution in [0.2, 0.25) is 10.6 Å². The van der Waals surface area contributed by atoms with Gasteiger partial charge in [-0.15, -0.1) is 0 Å². The molecule has 110 valence electrons. The highest BCUT2D eigenvalue weighted by Crippen LogP contribution is 2.33. The third-order valence-corrected chi connectivity index (χ3v) is 7.79. The number of rotatable bonds is 6. The van der Waals surface area contributed by atoms with Crippen LogP contribution in [0.15, 0.2) is 48.5 Å². The van der Waals surface area contributed by atoms with Crippen LogP contribution in [-0.4, -0.2) is 19.3 Å². The predicted octanol–water partition coefficient (Wildman–Crippen LogP) is 4.93. The molecule has 0 aromatic heterocycles. The molecule has 0 saturated carbocycles. The van der Waals surface area contributed by atoms with Crippen molar-refractivity contribution in [3.8, 4) is 5.75 Å². The minimum atomic E-state index is -1.02. The molecule has 0 radical (unpaired) electrons. The van der Waals surface area contributed by atoms with E-state index >= 15 is 0 Å². The number of anilines is 1. The summed E-state index contributed by atoms with van der Waals surface area (Å²) in [4.78, 5) is 0.266. The highest BCUT2D eigenvalue weighted by Gasteiger charge is 2.28. The highest BCUT2D eigenvalue weighted by molar-refractivity contribution is 6.60. The van der Waals surface area contributed by atoms with Gasteiger partial charge in [0.25, 0.3) is 0 Å². The van der Waals surface area contributed by atoms with Crippen molar-refractivity contribution in [1.29, 1.82) is 0 Å². The Morgan fingerprint density at radius 2 is 1.67 bits per heavy atom. The van der Waals surface area contributed by atoms with E-state index in [2.05, 4.69) is 37.4 Å². The molecule has 2 aromatic carbocycles. The van der Waals surface area contributed by atoms with Crippen LogP contribution in [0, 0.1) is 6.92 Å². The first kappa shape index (κ1) is 16.0. The molecule has 2 rings (SSSR count). The lowest BCUT2D eigenvalue weighted by Gasteiger charge is -2.26. The summed E-state index contributed by atoms with van der Waals surface area (Å²) in [5.41, 5.74) is 3.13. The first-order chi connectivity index (χ1) is 10.2. The van der Waals surface area contributed by atoms with E-state index < -0.39 is 14.1 Å². The van der Waals surface area contributed by atoms with Gasteiger partial charge in [0.2, 0.25) is 0 Å². The first-order valence-electron chi connectivity index (χ1n) is 7.77. The number of phenols is 1. The van der Waals surface area contributed by atoms with Gasteiger partial charge in [0.05, 0.1) is 0 Å². The van der Waals surface area contributed by atoms with Crippen LogP contribution in [0.4, 0.5) is 5.69 Å². The van der Waals surface area contributed by atoms with Crippen molar-refractivity contribution in [3.05, 3.63) is 59.7 Å². The minimum absolute atomic E-state index is 0.266. The zero-order valence-electron chi connectivity index (χ0n) is 13.1. The van der Waals surface area contributed by atoms with Gasteiger partial charge in [0.15, 0.2) is 0 Å². The summed E-state index contributed by atoms with van der Waals surface area (Å²) in [6.45, 7) is 6.51. The fourth-order valence-corrected chi connectivity index (χ4v) is 5.58. The van der Waals surface area contributed by atoms with Crippen LogP contribution in [0.3, 0.4) is 0 Å². The molecule has 0 amide bonds. The number of hydrogen-bond donors (Lipinski definition) is 2. The van der Waals surface area contributed by atoms with Gasteiger partial charge in [-0.25, -0.2) is 0 Å². The molecular formula is C18H24AlNO. The van der Waals surface area contributed by atoms with E-state index in [1.807, 2.05) is 37.3 Å². The molecule has 1 unspecified atom stereocenters. The highest BCUT2D eigenvalue weighted by atomic mass is 27.2. The van der Waals surface area contributed by atoms with Gasteiger partial charge < -0.3 is 10.4 Å². The quantitative estimate of drug-likeness (QED) is 0.741. The van der Waals surface area contributed by atoms with E-state index in [-0.39, 0.29) is 4.90 Å². The number of aryl methyl sites for hydroxylation is 1. The third kappa shape index (κ3) is 3.81. The summed E-state index contributed by atoms with van der Waals surface area (Å²) in [6, 6.07) is 16.4. The van der Waals surface area contributed by atoms with Gasteiger partial charge in [-0.2, -0.15) is 0 Å². The zero-order valence-corrected chi connectivity index (χ0v) is 14.3. The lowest BCUT2D eigenvalue weighted by Crippen LogP contribution is -2.28. The normalized spacial score (nSPS) is 12.0. The Kier molecular flexibility index (Phi) is 5.73. The van der Waals surface area contributed by atoms with Crippen molar-refractivity contribution in [2.45, 2.75) is 36.2 Å². The topological polar surface area (TPSA) is 32.3 Å². The second-order valence-corrected chi connectivity index (χ2v) is 9.40. The van der Waals surface area contributed by atoms with Crippen LogP contribution < -0.4 is 5.32 Å². The maximum Gasteiger partial charge on any atom is 0.302 e. The molecular weight excluding hydrogens is 273 g/mol. The molecule has 0 fully saturated rings. The van der Waals surface area contributed by atoms with E-state index in [9.17, 15) is 5.11 Å². The van der Waals surface area contributed by atoms with Gasteiger partial charge in [0.1, 0.15) is 5.75 Å². The SMILES string of the molecule is C[CH2][Al]([CH2]C)[CH](Nc1ccccc1)c1cccc(C)c1O. The van der Waals surface area contributed by atoms with Crippen LogP contribution in [-0.2, 0) is 0 Å². The van der Waals surface area contributed by atoms with Crippen molar-refractivity contribution in [2.75, 3.05) is 5.32 Å². The zero-order chi connectivity index (χ0) is 15.2. The molecule has 0 heterocycles. The summed E-state index contributed by atoms with van der Waals surface area (Å²) in [7, 11) is 0. The van der Waals surface area contributed by atoms with Crippen molar-refractivity contribution in [3.63, 3.8) is 0 Å². The van der Waals surface area contributed by atoms with Crippen molar-refractivity contribution in [2.24, 2.45) is 0 Å². The number of phenolic OH excluding ortho intramolecular Hbond substituents is 1. The smallest absolute Gasteiger partial charge is 0.302 e. The van der Waals surface area contributed by atoms with Crippen LogP contribution in [0.1, 0.15) is 29.9 Å². The molecule has 0 spiro atoms. The summed E-state index contributed by atoms with van der Waals surface area (Å²) in [5.74, 6) is 0.449. The lowest BCUT2D eigenvalue weighted by molar-refractivity contribution is 0.464. The van der Waals surface area contributed by atoms with E-state index in [0.29, 0.717) is 5.75 Å². The van der Waals surface area contributed by atoms with Gasteiger partial charge in [0, 0.05) is 16.2 Å². The minimum Gasteiger partial charge on any atom is -0.507 e. The fraction of sp³-hybridized carbons (Fsp3) is 0.333. The Hall–Kier alpha value is -1.43. The summed E-state index contributed by atoms with van der Waals surface area (Å²) in [5, 5.41) is 16.6. The predicted molar refractivity (Wildman–Crippen MR) is 92.4 cm³/mol. The van der Waals surface area contributed by atoms with Crippen LogP contribution in [0.25, 0.3) is 0 Å². The second-order valence-electron chi connectivity index (χ2n) is 5.58. The van der Waals surface area contributed by atoms with Gasteiger partial charge in [-0.05, 0) is 24.6 Å². The largest absolute Gasteiger partial charge is 0.507 e. The molecule has 0 bridgehead atoms. The summed E-state index contributed by atoms with van der Waals surface area (Å²) in [6.07, 6.45) is 0. The maximum absolute atomic E-state index is 10.5. The Labute approximate surface area is 132 Å². The molecule has 2 aromatic rings. The molecule has 0 aliphatic heterocycles. The van der Waals surface area contributed by atoms with Crippen molar-refractivity contribution >= 4 is 19.8 Å². The third-order valence-electron chi connectivity index (χ3n) is 4.22. The first-order valence-corrected chi connectivity index (χ1v) is 10.1. The van der Waals surface area contributed by atoms with Crippen LogP contribution in [0.5, 0.6) is 5.75 Å². The molecule has 1 atom stereocenters. The average molecular weight is 297 g/mol. The van der Waals surface area contributed by atoms with Gasteiger partial charge >= 0.3 is 14.1 Å². The molecule has 0 saturated heterocycles. The summed E-state index contributed by atoms with van der Waals surface area (Å²) >= 11 is -1.02. The number of benzene rings is 2. The molecule has 0 aliphatic rings. The molecule has 0 aliphatic carbocycles. The van der Waals surface area contributed by atoms with E-state index in [1.165, 1.54) is 10.6 Å². The van der Waals surface area contributed by atoms with Crippen LogP contribution >= 0.6 is 0 Å². The maximum atomic E-state index is 10.5.